The summed E-state index contributed by atoms with van der Waals surface area (Å²) in [7, 11) is 0. The lowest BCUT2D eigenvalue weighted by atomic mass is 9.83. The number of carbonyl (C=O) groups is 1. The van der Waals surface area contributed by atoms with Gasteiger partial charge in [0.05, 0.1) is 11.8 Å². The van der Waals surface area contributed by atoms with Crippen molar-refractivity contribution >= 4 is 17.7 Å². The maximum absolute atomic E-state index is 12.5. The van der Waals surface area contributed by atoms with Crippen molar-refractivity contribution in [2.75, 3.05) is 5.75 Å². The van der Waals surface area contributed by atoms with Crippen LogP contribution in [0.2, 0.25) is 0 Å². The fraction of sp³-hybridized carbons (Fsp3) is 0.409. The Balaban J connectivity index is 1.63. The second-order valence-corrected chi connectivity index (χ2v) is 7.82. The van der Waals surface area contributed by atoms with E-state index in [4.69, 9.17) is 4.74 Å². The van der Waals surface area contributed by atoms with Gasteiger partial charge in [0.1, 0.15) is 11.4 Å². The number of ether oxygens (including phenoxy) is 1. The molecule has 0 spiro atoms. The third-order valence-electron chi connectivity index (χ3n) is 5.17. The van der Waals surface area contributed by atoms with Crippen LogP contribution in [0, 0.1) is 0 Å². The van der Waals surface area contributed by atoms with Gasteiger partial charge in [-0.1, -0.05) is 62.4 Å². The van der Waals surface area contributed by atoms with Crippen LogP contribution in [-0.2, 0) is 10.5 Å². The summed E-state index contributed by atoms with van der Waals surface area (Å²) >= 11 is 1.65. The van der Waals surface area contributed by atoms with Crippen molar-refractivity contribution in [3.63, 3.8) is 0 Å². The number of para-hydroxylation sites is 1. The van der Waals surface area contributed by atoms with Gasteiger partial charge in [-0.2, -0.15) is 0 Å². The van der Waals surface area contributed by atoms with Gasteiger partial charge in [-0.25, -0.2) is 0 Å². The molecule has 1 unspecified atom stereocenters. The molecule has 3 nitrogen and oxygen atoms in total. The zero-order chi connectivity index (χ0) is 18.4. The average molecular weight is 370 g/mol. The molecule has 0 saturated heterocycles. The van der Waals surface area contributed by atoms with E-state index >= 15 is 0 Å². The first-order chi connectivity index (χ1) is 12.7. The Labute approximate surface area is 160 Å². The number of rotatable bonds is 7. The lowest BCUT2D eigenvalue weighted by Gasteiger charge is -2.41. The van der Waals surface area contributed by atoms with Crippen LogP contribution in [0.25, 0.3) is 0 Å². The number of hydrogen-bond acceptors (Lipinski definition) is 3. The fourth-order valence-corrected chi connectivity index (χ4v) is 4.30. The van der Waals surface area contributed by atoms with Crippen LogP contribution in [0.15, 0.2) is 54.6 Å². The van der Waals surface area contributed by atoms with Crippen molar-refractivity contribution in [1.82, 2.24) is 5.32 Å². The van der Waals surface area contributed by atoms with Crippen molar-refractivity contribution in [3.05, 3.63) is 65.7 Å². The summed E-state index contributed by atoms with van der Waals surface area (Å²) in [6.45, 7) is 4.32. The van der Waals surface area contributed by atoms with Crippen LogP contribution in [0.4, 0.5) is 0 Å². The molecule has 1 aliphatic rings. The molecule has 26 heavy (non-hydrogen) atoms. The monoisotopic (exact) mass is 369 g/mol. The van der Waals surface area contributed by atoms with Crippen LogP contribution in [0.1, 0.15) is 50.3 Å². The minimum atomic E-state index is -0.191. The van der Waals surface area contributed by atoms with Gasteiger partial charge in [0, 0.05) is 17.7 Å². The summed E-state index contributed by atoms with van der Waals surface area (Å²) in [5.41, 5.74) is 2.15. The minimum absolute atomic E-state index is 0.0182. The Morgan fingerprint density at radius 2 is 1.81 bits per heavy atom. The molecule has 3 rings (SSSR count). The number of nitrogens with one attached hydrogen (secondary N) is 1. The van der Waals surface area contributed by atoms with Crippen LogP contribution in [-0.4, -0.2) is 17.3 Å². The van der Waals surface area contributed by atoms with E-state index in [0.29, 0.717) is 5.75 Å². The summed E-state index contributed by atoms with van der Waals surface area (Å²) in [6.07, 6.45) is 2.70. The van der Waals surface area contributed by atoms with E-state index in [9.17, 15) is 4.79 Å². The number of thioether (sulfide) groups is 1. The summed E-state index contributed by atoms with van der Waals surface area (Å²) in [5, 5.41) is 3.24. The molecular formula is C22H27NO2S. The first kappa shape index (κ1) is 18.8. The highest BCUT2D eigenvalue weighted by molar-refractivity contribution is 7.99. The molecule has 0 aromatic heterocycles. The zero-order valence-electron chi connectivity index (χ0n) is 15.5. The molecule has 1 amide bonds. The van der Waals surface area contributed by atoms with Crippen molar-refractivity contribution in [2.45, 2.75) is 50.5 Å². The molecule has 138 valence electrons. The summed E-state index contributed by atoms with van der Waals surface area (Å²) in [6, 6.07) is 18.4. The molecule has 1 aliphatic heterocycles. The molecule has 2 aromatic carbocycles. The van der Waals surface area contributed by atoms with Gasteiger partial charge in [0.15, 0.2) is 0 Å². The highest BCUT2D eigenvalue weighted by atomic mass is 32.2. The van der Waals surface area contributed by atoms with E-state index in [0.717, 1.165) is 36.3 Å². The molecule has 1 N–H and O–H groups in total. The third kappa shape index (κ3) is 4.42. The van der Waals surface area contributed by atoms with Crippen molar-refractivity contribution < 1.29 is 9.53 Å². The molecule has 0 radical (unpaired) electrons. The van der Waals surface area contributed by atoms with E-state index in [1.807, 2.05) is 36.4 Å². The number of carbonyl (C=O) groups excluding carboxylic acids is 1. The Morgan fingerprint density at radius 1 is 1.12 bits per heavy atom. The van der Waals surface area contributed by atoms with E-state index in [-0.39, 0.29) is 17.6 Å². The predicted octanol–water partition coefficient (Wildman–Crippen LogP) is 5.12. The summed E-state index contributed by atoms with van der Waals surface area (Å²) < 4.78 is 6.31. The highest BCUT2D eigenvalue weighted by Crippen LogP contribution is 2.42. The second-order valence-electron chi connectivity index (χ2n) is 6.83. The first-order valence-electron chi connectivity index (χ1n) is 9.35. The molecule has 1 heterocycles. The second kappa shape index (κ2) is 8.63. The molecule has 2 aromatic rings. The molecule has 4 heteroatoms. The highest BCUT2D eigenvalue weighted by Gasteiger charge is 2.38. The van der Waals surface area contributed by atoms with Crippen molar-refractivity contribution in [2.24, 2.45) is 0 Å². The van der Waals surface area contributed by atoms with E-state index in [1.165, 1.54) is 5.56 Å². The quantitative estimate of drug-likeness (QED) is 0.736. The van der Waals surface area contributed by atoms with E-state index in [1.54, 1.807) is 11.8 Å². The van der Waals surface area contributed by atoms with Gasteiger partial charge in [-0.3, -0.25) is 4.79 Å². The average Bonchev–Trinajstić information content (AvgIpc) is 2.68. The topological polar surface area (TPSA) is 38.3 Å². The van der Waals surface area contributed by atoms with Crippen LogP contribution >= 0.6 is 11.8 Å². The van der Waals surface area contributed by atoms with Crippen molar-refractivity contribution in [1.29, 1.82) is 0 Å². The SMILES string of the molecule is CCC1(CC)CC(NC(=O)CSCc2ccccc2)c2ccccc2O1. The molecular weight excluding hydrogens is 342 g/mol. The maximum atomic E-state index is 12.5. The Hall–Kier alpha value is -1.94. The van der Waals surface area contributed by atoms with Gasteiger partial charge in [-0.05, 0) is 24.5 Å². The van der Waals surface area contributed by atoms with E-state index in [2.05, 4.69) is 37.4 Å². The molecule has 1 atom stereocenters. The lowest BCUT2D eigenvalue weighted by molar-refractivity contribution is -0.120. The number of benzene rings is 2. The van der Waals surface area contributed by atoms with Gasteiger partial charge in [0.2, 0.25) is 5.91 Å². The fourth-order valence-electron chi connectivity index (χ4n) is 3.50. The minimum Gasteiger partial charge on any atom is -0.487 e. The summed E-state index contributed by atoms with van der Waals surface area (Å²) in [5.74, 6) is 2.32. The Kier molecular flexibility index (Phi) is 6.25. The largest absolute Gasteiger partial charge is 0.487 e. The molecule has 0 aliphatic carbocycles. The summed E-state index contributed by atoms with van der Waals surface area (Å²) in [4.78, 5) is 12.5. The van der Waals surface area contributed by atoms with Gasteiger partial charge < -0.3 is 10.1 Å². The molecule has 0 bridgehead atoms. The van der Waals surface area contributed by atoms with Crippen LogP contribution in [0.3, 0.4) is 0 Å². The lowest BCUT2D eigenvalue weighted by Crippen LogP contribution is -2.44. The standard InChI is InChI=1S/C22H27NO2S/c1-3-22(4-2)14-19(18-12-8-9-13-20(18)25-22)23-21(24)16-26-15-17-10-6-5-7-11-17/h5-13,19H,3-4,14-16H2,1-2H3,(H,23,24). The van der Waals surface area contributed by atoms with E-state index < -0.39 is 0 Å². The number of amides is 1. The zero-order valence-corrected chi connectivity index (χ0v) is 16.4. The Bertz CT molecular complexity index is 728. The smallest absolute Gasteiger partial charge is 0.230 e. The number of fused-ring (bicyclic) bond motifs is 1. The normalized spacial score (nSPS) is 17.8. The Morgan fingerprint density at radius 3 is 2.54 bits per heavy atom. The van der Waals surface area contributed by atoms with Gasteiger partial charge in [0.25, 0.3) is 0 Å². The van der Waals surface area contributed by atoms with Crippen molar-refractivity contribution in [3.8, 4) is 5.75 Å². The predicted molar refractivity (Wildman–Crippen MR) is 108 cm³/mol. The van der Waals surface area contributed by atoms with Crippen LogP contribution in [0.5, 0.6) is 5.75 Å². The molecule has 0 fully saturated rings. The number of hydrogen-bond donors (Lipinski definition) is 1. The molecule has 0 saturated carbocycles. The maximum Gasteiger partial charge on any atom is 0.230 e. The van der Waals surface area contributed by atoms with Gasteiger partial charge >= 0.3 is 0 Å². The van der Waals surface area contributed by atoms with Crippen LogP contribution < -0.4 is 10.1 Å². The van der Waals surface area contributed by atoms with Gasteiger partial charge in [-0.15, -0.1) is 11.8 Å². The first-order valence-corrected chi connectivity index (χ1v) is 10.5. The third-order valence-corrected chi connectivity index (χ3v) is 6.17.